The lowest BCUT2D eigenvalue weighted by molar-refractivity contribution is -0.251. The molecule has 4 nitrogen and oxygen atoms in total. The molecule has 1 fully saturated rings. The first-order chi connectivity index (χ1) is 5.14. The Morgan fingerprint density at radius 2 is 1.82 bits per heavy atom. The summed E-state index contributed by atoms with van der Waals surface area (Å²) in [5, 5.41) is 0. The normalized spacial score (nSPS) is 30.8. The molecule has 5 heteroatoms. The van der Waals surface area contributed by atoms with Crippen molar-refractivity contribution in [2.75, 3.05) is 27.9 Å². The topological polar surface area (TPSA) is 40.2 Å². The zero-order chi connectivity index (χ0) is 8.54. The Bertz CT molecular complexity index is 142. The van der Waals surface area contributed by atoms with E-state index in [0.29, 0.717) is 16.8 Å². The fourth-order valence-electron chi connectivity index (χ4n) is 1.03. The van der Waals surface area contributed by atoms with Gasteiger partial charge in [-0.15, -0.1) is 0 Å². The van der Waals surface area contributed by atoms with Crippen LogP contribution in [0.2, 0.25) is 0 Å². The van der Waals surface area contributed by atoms with E-state index in [0.717, 1.165) is 0 Å². The smallest absolute Gasteiger partial charge is 0.242 e. The fraction of sp³-hybridized carbons (Fsp3) is 1.00. The molecule has 1 atom stereocenters. The van der Waals surface area contributed by atoms with Gasteiger partial charge in [0, 0.05) is 21.3 Å². The minimum Gasteiger partial charge on any atom is -0.353 e. The highest BCUT2D eigenvalue weighted by Gasteiger charge is 2.61. The largest absolute Gasteiger partial charge is 0.353 e. The first-order valence-corrected chi connectivity index (χ1v) is 4.43. The van der Waals surface area contributed by atoms with Crippen LogP contribution in [0, 0.1) is 0 Å². The van der Waals surface area contributed by atoms with E-state index >= 15 is 0 Å². The van der Waals surface area contributed by atoms with Gasteiger partial charge in [0.25, 0.3) is 0 Å². The monoisotopic (exact) mass is 178 g/mol. The maximum absolute atomic E-state index is 5.19. The van der Waals surface area contributed by atoms with Gasteiger partial charge in [0.05, 0.1) is 10.2 Å². The van der Waals surface area contributed by atoms with Gasteiger partial charge in [-0.25, -0.2) is 0 Å². The number of hydrogen-bond acceptors (Lipinski definition) is 4. The summed E-state index contributed by atoms with van der Waals surface area (Å²) in [6, 6.07) is 0. The van der Waals surface area contributed by atoms with Crippen molar-refractivity contribution in [3.05, 3.63) is 0 Å². The lowest BCUT2D eigenvalue weighted by atomic mass is 10.4. The molecule has 0 radical (unpaired) electrons. The van der Waals surface area contributed by atoms with E-state index in [9.17, 15) is 0 Å². The van der Waals surface area contributed by atoms with Gasteiger partial charge >= 0.3 is 0 Å². The van der Waals surface area contributed by atoms with Gasteiger partial charge < -0.3 is 18.9 Å². The third-order valence-corrected chi connectivity index (χ3v) is 3.79. The van der Waals surface area contributed by atoms with Gasteiger partial charge in [-0.3, -0.25) is 0 Å². The number of epoxide rings is 1. The highest BCUT2D eigenvalue weighted by molar-refractivity contribution is 6.14. The van der Waals surface area contributed by atoms with E-state index in [2.05, 4.69) is 0 Å². The molecule has 0 aromatic carbocycles. The summed E-state index contributed by atoms with van der Waals surface area (Å²) < 4.78 is 20.7. The first kappa shape index (κ1) is 9.15. The van der Waals surface area contributed by atoms with Crippen LogP contribution in [0.4, 0.5) is 0 Å². The van der Waals surface area contributed by atoms with E-state index in [-0.39, 0.29) is 0 Å². The predicted molar refractivity (Wildman–Crippen MR) is 42.4 cm³/mol. The second kappa shape index (κ2) is 2.84. The Hall–Kier alpha value is 0.0569. The van der Waals surface area contributed by atoms with Crippen LogP contribution < -0.4 is 0 Å². The average Bonchev–Trinajstić information content (AvgIpc) is 2.83. The van der Waals surface area contributed by atoms with Crippen molar-refractivity contribution < 1.29 is 18.9 Å². The zero-order valence-corrected chi connectivity index (χ0v) is 9.34. The maximum atomic E-state index is 5.19. The number of ether oxygens (including phenoxy) is 4. The van der Waals surface area contributed by atoms with Gasteiger partial charge in [-0.1, -0.05) is 0 Å². The Morgan fingerprint density at radius 1 is 1.36 bits per heavy atom. The van der Waals surface area contributed by atoms with E-state index in [1.165, 1.54) is 0 Å². The summed E-state index contributed by atoms with van der Waals surface area (Å²) in [7, 11) is 5.49. The molecule has 0 spiro atoms. The van der Waals surface area contributed by atoms with Crippen LogP contribution >= 0.6 is 0 Å². The van der Waals surface area contributed by atoms with Gasteiger partial charge in [-0.2, -0.15) is 0 Å². The van der Waals surface area contributed by atoms with Gasteiger partial charge in [0.2, 0.25) is 5.79 Å². The molecule has 0 aromatic heterocycles. The summed E-state index contributed by atoms with van der Waals surface area (Å²) in [6.45, 7) is 0.550. The van der Waals surface area contributed by atoms with Crippen LogP contribution in [0.5, 0.6) is 0 Å². The first-order valence-electron chi connectivity index (χ1n) is 3.43. The van der Waals surface area contributed by atoms with Crippen LogP contribution in [0.25, 0.3) is 0 Å². The van der Waals surface area contributed by atoms with Crippen molar-refractivity contribution in [3.63, 3.8) is 0 Å². The van der Waals surface area contributed by atoms with Crippen molar-refractivity contribution in [2.24, 2.45) is 0 Å². The summed E-state index contributed by atoms with van der Waals surface area (Å²) in [5.74, 6) is -0.636. The van der Waals surface area contributed by atoms with Crippen LogP contribution in [0.15, 0.2) is 0 Å². The second-order valence-corrected chi connectivity index (χ2v) is 3.92. The van der Waals surface area contributed by atoms with E-state index < -0.39 is 11.2 Å². The molecular weight excluding hydrogens is 164 g/mol. The lowest BCUT2D eigenvalue weighted by Gasteiger charge is -2.31. The Labute approximate surface area is 69.2 Å². The lowest BCUT2D eigenvalue weighted by Crippen LogP contribution is -2.50. The Morgan fingerprint density at radius 3 is 1.91 bits per heavy atom. The molecule has 0 bridgehead atoms. The van der Waals surface area contributed by atoms with Crippen molar-refractivity contribution in [1.29, 1.82) is 0 Å². The quantitative estimate of drug-likeness (QED) is 0.304. The molecule has 0 saturated carbocycles. The molecular formula is C6H14O4Si. The molecule has 1 heterocycles. The molecule has 0 amide bonds. The summed E-state index contributed by atoms with van der Waals surface area (Å²) in [6.07, 6.45) is 0. The molecule has 1 rings (SSSR count). The van der Waals surface area contributed by atoms with Crippen LogP contribution in [-0.4, -0.2) is 49.4 Å². The minimum atomic E-state index is -0.665. The molecule has 0 aromatic rings. The van der Waals surface area contributed by atoms with E-state index in [4.69, 9.17) is 18.9 Å². The summed E-state index contributed by atoms with van der Waals surface area (Å²) >= 11 is 0. The minimum absolute atomic E-state index is 0.550. The molecule has 1 aliphatic rings. The maximum Gasteiger partial charge on any atom is 0.242 e. The molecule has 0 N–H and O–H groups in total. The zero-order valence-electron chi connectivity index (χ0n) is 7.34. The number of methoxy groups -OCH3 is 3. The molecule has 1 unspecified atom stereocenters. The second-order valence-electron chi connectivity index (χ2n) is 2.60. The van der Waals surface area contributed by atoms with E-state index in [1.54, 1.807) is 21.3 Å². The highest BCUT2D eigenvalue weighted by Crippen LogP contribution is 2.39. The number of hydrogen-bond donors (Lipinski definition) is 0. The SMILES string of the molecule is COC([SiH3])(OC)C1(OC)CO1. The Kier molecular flexibility index (Phi) is 2.36. The van der Waals surface area contributed by atoms with Gasteiger partial charge in [-0.05, 0) is 0 Å². The summed E-state index contributed by atoms with van der Waals surface area (Å²) in [5.41, 5.74) is -0.665. The predicted octanol–water partition coefficient (Wildman–Crippen LogP) is -1.33. The van der Waals surface area contributed by atoms with Crippen molar-refractivity contribution in [1.82, 2.24) is 0 Å². The standard InChI is InChI=1S/C6H14O4Si/c1-7-5(4-10-5)6(11,8-2)9-3/h4H2,1-3,11H3. The molecule has 1 saturated heterocycles. The highest BCUT2D eigenvalue weighted by atomic mass is 28.1. The van der Waals surface area contributed by atoms with Crippen LogP contribution in [0.1, 0.15) is 0 Å². The Balaban J connectivity index is 2.68. The summed E-state index contributed by atoms with van der Waals surface area (Å²) in [4.78, 5) is 0. The van der Waals surface area contributed by atoms with Gasteiger partial charge in [0.1, 0.15) is 6.61 Å². The molecule has 66 valence electrons. The van der Waals surface area contributed by atoms with Crippen molar-refractivity contribution >= 4 is 10.2 Å². The van der Waals surface area contributed by atoms with Crippen LogP contribution in [-0.2, 0) is 18.9 Å². The molecule has 11 heavy (non-hydrogen) atoms. The average molecular weight is 178 g/mol. The third-order valence-electron chi connectivity index (χ3n) is 2.21. The van der Waals surface area contributed by atoms with Crippen molar-refractivity contribution in [3.8, 4) is 0 Å². The third kappa shape index (κ3) is 1.23. The molecule has 0 aliphatic carbocycles. The van der Waals surface area contributed by atoms with Gasteiger partial charge in [0.15, 0.2) is 5.41 Å². The van der Waals surface area contributed by atoms with Crippen molar-refractivity contribution in [2.45, 2.75) is 11.2 Å². The fourth-order valence-corrected chi connectivity index (χ4v) is 1.52. The molecule has 1 aliphatic heterocycles. The number of rotatable bonds is 4. The van der Waals surface area contributed by atoms with E-state index in [1.807, 2.05) is 0 Å². The van der Waals surface area contributed by atoms with Crippen LogP contribution in [0.3, 0.4) is 0 Å².